The SMILES string of the molecule is CCN(Cc1ccccc1)C(=O)CN(C(C)=O)c1cc(Cl)ccc1C. The number of halogens is 1. The average molecular weight is 359 g/mol. The number of nitrogens with zero attached hydrogens (tertiary/aromatic N) is 2. The molecule has 2 amide bonds. The molecule has 132 valence electrons. The largest absolute Gasteiger partial charge is 0.337 e. The number of aryl methyl sites for hydroxylation is 1. The van der Waals surface area contributed by atoms with Crippen molar-refractivity contribution in [2.75, 3.05) is 18.0 Å². The lowest BCUT2D eigenvalue weighted by Crippen LogP contribution is -2.42. The van der Waals surface area contributed by atoms with Crippen molar-refractivity contribution in [1.82, 2.24) is 4.90 Å². The molecule has 0 aliphatic carbocycles. The molecule has 0 fully saturated rings. The molecule has 0 unspecified atom stereocenters. The molecule has 4 nitrogen and oxygen atoms in total. The average Bonchev–Trinajstić information content (AvgIpc) is 2.60. The Morgan fingerprint density at radius 3 is 2.36 bits per heavy atom. The monoisotopic (exact) mass is 358 g/mol. The number of carbonyl (C=O) groups is 2. The van der Waals surface area contributed by atoms with Crippen molar-refractivity contribution >= 4 is 29.1 Å². The Morgan fingerprint density at radius 2 is 1.76 bits per heavy atom. The first kappa shape index (κ1) is 19.0. The minimum Gasteiger partial charge on any atom is -0.337 e. The normalized spacial score (nSPS) is 10.4. The zero-order valence-corrected chi connectivity index (χ0v) is 15.6. The fourth-order valence-corrected chi connectivity index (χ4v) is 2.82. The van der Waals surface area contributed by atoms with Crippen molar-refractivity contribution in [3.05, 3.63) is 64.7 Å². The highest BCUT2D eigenvalue weighted by Crippen LogP contribution is 2.24. The Balaban J connectivity index is 2.19. The highest BCUT2D eigenvalue weighted by Gasteiger charge is 2.21. The van der Waals surface area contributed by atoms with Gasteiger partial charge in [-0.3, -0.25) is 9.59 Å². The topological polar surface area (TPSA) is 40.6 Å². The van der Waals surface area contributed by atoms with E-state index in [1.807, 2.05) is 50.2 Å². The molecular formula is C20H23ClN2O2. The number of anilines is 1. The number of likely N-dealkylation sites (N-methyl/N-ethyl adjacent to an activating group) is 1. The van der Waals surface area contributed by atoms with E-state index in [4.69, 9.17) is 11.6 Å². The van der Waals surface area contributed by atoms with Gasteiger partial charge in [-0.15, -0.1) is 0 Å². The minimum absolute atomic E-state index is 0.00279. The lowest BCUT2D eigenvalue weighted by molar-refractivity contribution is -0.131. The number of amides is 2. The molecule has 0 saturated carbocycles. The fourth-order valence-electron chi connectivity index (χ4n) is 2.65. The Morgan fingerprint density at radius 1 is 1.08 bits per heavy atom. The summed E-state index contributed by atoms with van der Waals surface area (Å²) >= 11 is 6.07. The number of rotatable bonds is 6. The van der Waals surface area contributed by atoms with E-state index in [1.165, 1.54) is 11.8 Å². The molecular weight excluding hydrogens is 336 g/mol. The summed E-state index contributed by atoms with van der Waals surface area (Å²) in [4.78, 5) is 28.1. The number of hydrogen-bond acceptors (Lipinski definition) is 2. The predicted molar refractivity (Wildman–Crippen MR) is 102 cm³/mol. The molecule has 25 heavy (non-hydrogen) atoms. The smallest absolute Gasteiger partial charge is 0.242 e. The van der Waals surface area contributed by atoms with E-state index in [-0.39, 0.29) is 18.4 Å². The maximum Gasteiger partial charge on any atom is 0.242 e. The molecule has 0 aliphatic heterocycles. The summed E-state index contributed by atoms with van der Waals surface area (Å²) in [7, 11) is 0. The van der Waals surface area contributed by atoms with Gasteiger partial charge >= 0.3 is 0 Å². The van der Waals surface area contributed by atoms with Gasteiger partial charge in [0.2, 0.25) is 11.8 Å². The van der Waals surface area contributed by atoms with Crippen LogP contribution in [0.15, 0.2) is 48.5 Å². The van der Waals surface area contributed by atoms with Crippen LogP contribution in [0.2, 0.25) is 5.02 Å². The maximum atomic E-state index is 12.8. The van der Waals surface area contributed by atoms with Crippen LogP contribution >= 0.6 is 11.6 Å². The van der Waals surface area contributed by atoms with Crippen molar-refractivity contribution in [3.8, 4) is 0 Å². The van der Waals surface area contributed by atoms with Gasteiger partial charge in [-0.1, -0.05) is 48.0 Å². The molecule has 0 spiro atoms. The minimum atomic E-state index is -0.186. The second-order valence-electron chi connectivity index (χ2n) is 5.93. The molecule has 0 atom stereocenters. The van der Waals surface area contributed by atoms with E-state index < -0.39 is 0 Å². The van der Waals surface area contributed by atoms with Crippen LogP contribution in [-0.4, -0.2) is 29.8 Å². The Labute approximate surface area is 154 Å². The van der Waals surface area contributed by atoms with Gasteiger partial charge in [-0.2, -0.15) is 0 Å². The molecule has 0 N–H and O–H groups in total. The van der Waals surface area contributed by atoms with E-state index in [9.17, 15) is 9.59 Å². The van der Waals surface area contributed by atoms with Crippen LogP contribution in [0.1, 0.15) is 25.0 Å². The lowest BCUT2D eigenvalue weighted by Gasteiger charge is -2.27. The molecule has 0 heterocycles. The number of benzene rings is 2. The van der Waals surface area contributed by atoms with E-state index >= 15 is 0 Å². The van der Waals surface area contributed by atoms with E-state index in [1.54, 1.807) is 17.0 Å². The summed E-state index contributed by atoms with van der Waals surface area (Å²) in [6, 6.07) is 15.2. The van der Waals surface area contributed by atoms with Crippen molar-refractivity contribution in [2.24, 2.45) is 0 Å². The van der Waals surface area contributed by atoms with Gasteiger partial charge in [0.05, 0.1) is 0 Å². The first-order chi connectivity index (χ1) is 11.9. The molecule has 2 aromatic carbocycles. The quantitative estimate of drug-likeness (QED) is 0.781. The Kier molecular flexibility index (Phi) is 6.59. The second-order valence-corrected chi connectivity index (χ2v) is 6.37. The van der Waals surface area contributed by atoms with Crippen LogP contribution in [0, 0.1) is 6.92 Å². The maximum absolute atomic E-state index is 12.8. The van der Waals surface area contributed by atoms with Crippen molar-refractivity contribution in [1.29, 1.82) is 0 Å². The zero-order valence-electron chi connectivity index (χ0n) is 14.8. The van der Waals surface area contributed by atoms with Crippen LogP contribution in [-0.2, 0) is 16.1 Å². The summed E-state index contributed by atoms with van der Waals surface area (Å²) in [5.74, 6) is -0.282. The molecule has 0 aliphatic rings. The fraction of sp³-hybridized carbons (Fsp3) is 0.300. The van der Waals surface area contributed by atoms with Crippen LogP contribution < -0.4 is 4.90 Å². The van der Waals surface area contributed by atoms with Crippen molar-refractivity contribution in [2.45, 2.75) is 27.3 Å². The molecule has 0 aromatic heterocycles. The molecule has 2 rings (SSSR count). The molecule has 5 heteroatoms. The Bertz CT molecular complexity index is 747. The van der Waals surface area contributed by atoms with Gasteiger partial charge in [-0.25, -0.2) is 0 Å². The molecule has 0 radical (unpaired) electrons. The summed E-state index contributed by atoms with van der Waals surface area (Å²) in [5.41, 5.74) is 2.63. The third-order valence-corrected chi connectivity index (χ3v) is 4.32. The van der Waals surface area contributed by atoms with Gasteiger partial charge in [-0.05, 0) is 37.1 Å². The van der Waals surface area contributed by atoms with E-state index in [0.29, 0.717) is 23.8 Å². The predicted octanol–water partition coefficient (Wildman–Crippen LogP) is 4.05. The lowest BCUT2D eigenvalue weighted by atomic mass is 10.1. The second kappa shape index (κ2) is 8.67. The molecule has 0 bridgehead atoms. The highest BCUT2D eigenvalue weighted by atomic mass is 35.5. The van der Waals surface area contributed by atoms with Crippen LogP contribution in [0.3, 0.4) is 0 Å². The van der Waals surface area contributed by atoms with Gasteiger partial charge in [0.15, 0.2) is 0 Å². The van der Waals surface area contributed by atoms with Crippen LogP contribution in [0.4, 0.5) is 5.69 Å². The zero-order chi connectivity index (χ0) is 18.4. The summed E-state index contributed by atoms with van der Waals surface area (Å²) in [5, 5.41) is 0.538. The van der Waals surface area contributed by atoms with Crippen LogP contribution in [0.25, 0.3) is 0 Å². The number of hydrogen-bond donors (Lipinski definition) is 0. The third kappa shape index (κ3) is 5.07. The summed E-state index contributed by atoms with van der Waals surface area (Å²) in [6.45, 7) is 6.39. The van der Waals surface area contributed by atoms with Gasteiger partial charge in [0.25, 0.3) is 0 Å². The van der Waals surface area contributed by atoms with E-state index in [0.717, 1.165) is 11.1 Å². The van der Waals surface area contributed by atoms with Crippen LogP contribution in [0.5, 0.6) is 0 Å². The third-order valence-electron chi connectivity index (χ3n) is 4.09. The van der Waals surface area contributed by atoms with Gasteiger partial charge in [0.1, 0.15) is 6.54 Å². The summed E-state index contributed by atoms with van der Waals surface area (Å²) in [6.07, 6.45) is 0. The Hall–Kier alpha value is -2.33. The van der Waals surface area contributed by atoms with Gasteiger partial charge < -0.3 is 9.80 Å². The van der Waals surface area contributed by atoms with E-state index in [2.05, 4.69) is 0 Å². The molecule has 0 saturated heterocycles. The highest BCUT2D eigenvalue weighted by molar-refractivity contribution is 6.31. The standard InChI is InChI=1S/C20H23ClN2O2/c1-4-22(13-17-8-6-5-7-9-17)20(25)14-23(16(3)24)19-12-18(21)11-10-15(19)2/h5-12H,4,13-14H2,1-3H3. The van der Waals surface area contributed by atoms with Gasteiger partial charge in [0, 0.05) is 30.7 Å². The summed E-state index contributed by atoms with van der Waals surface area (Å²) < 4.78 is 0. The number of carbonyl (C=O) groups excluding carboxylic acids is 2. The molecule has 2 aromatic rings. The first-order valence-corrected chi connectivity index (χ1v) is 8.66. The first-order valence-electron chi connectivity index (χ1n) is 8.28. The van der Waals surface area contributed by atoms with Crippen molar-refractivity contribution < 1.29 is 9.59 Å². The van der Waals surface area contributed by atoms with Crippen molar-refractivity contribution in [3.63, 3.8) is 0 Å².